The van der Waals surface area contributed by atoms with Crippen LogP contribution in [0.4, 0.5) is 0 Å². The fourth-order valence-electron chi connectivity index (χ4n) is 2.90. The highest BCUT2D eigenvalue weighted by atomic mass is 33.1. The summed E-state index contributed by atoms with van der Waals surface area (Å²) in [4.78, 5) is 11.9. The van der Waals surface area contributed by atoms with Gasteiger partial charge in [0.05, 0.1) is 4.90 Å². The number of ether oxygens (including phenoxy) is 1. The molecule has 6 nitrogen and oxygen atoms in total. The van der Waals surface area contributed by atoms with E-state index < -0.39 is 26.8 Å². The lowest BCUT2D eigenvalue weighted by Gasteiger charge is -2.30. The van der Waals surface area contributed by atoms with Gasteiger partial charge < -0.3 is 9.84 Å². The molecule has 0 aliphatic rings. The van der Waals surface area contributed by atoms with E-state index >= 15 is 0 Å². The average Bonchev–Trinajstić information content (AvgIpc) is 2.79. The Morgan fingerprint density at radius 2 is 1.48 bits per heavy atom. The van der Waals surface area contributed by atoms with Gasteiger partial charge >= 0.3 is 5.97 Å². The molecule has 0 aliphatic carbocycles. The third-order valence-corrected chi connectivity index (χ3v) is 9.34. The zero-order valence-electron chi connectivity index (χ0n) is 18.2. The maximum Gasteiger partial charge on any atom is 0.323 e. The molecule has 0 saturated carbocycles. The van der Waals surface area contributed by atoms with Crippen LogP contribution in [0.5, 0.6) is 11.5 Å². The average molecular weight is 504 g/mol. The molecule has 33 heavy (non-hydrogen) atoms. The number of para-hydroxylation sites is 1. The molecular weight excluding hydrogens is 478 g/mol. The largest absolute Gasteiger partial charge is 0.480 e. The van der Waals surface area contributed by atoms with Crippen LogP contribution < -0.4 is 9.46 Å². The zero-order chi connectivity index (χ0) is 23.9. The molecule has 0 spiro atoms. The van der Waals surface area contributed by atoms with Gasteiger partial charge in [-0.1, -0.05) is 70.1 Å². The predicted molar refractivity (Wildman–Crippen MR) is 134 cm³/mol. The first-order chi connectivity index (χ1) is 15.7. The highest BCUT2D eigenvalue weighted by Gasteiger charge is 2.39. The van der Waals surface area contributed by atoms with Crippen LogP contribution in [0.25, 0.3) is 0 Å². The van der Waals surface area contributed by atoms with Crippen LogP contribution in [-0.4, -0.2) is 30.3 Å². The summed E-state index contributed by atoms with van der Waals surface area (Å²) in [6, 6.07) is 23.4. The van der Waals surface area contributed by atoms with Gasteiger partial charge in [-0.05, 0) is 55.8 Å². The van der Waals surface area contributed by atoms with Crippen molar-refractivity contribution < 1.29 is 23.1 Å². The lowest BCUT2D eigenvalue weighted by atomic mass is 10.1. The van der Waals surface area contributed by atoms with E-state index in [0.29, 0.717) is 17.3 Å². The first-order valence-electron chi connectivity index (χ1n) is 10.1. The van der Waals surface area contributed by atoms with E-state index in [0.717, 1.165) is 5.56 Å². The number of aliphatic carboxylic acids is 1. The smallest absolute Gasteiger partial charge is 0.323 e. The summed E-state index contributed by atoms with van der Waals surface area (Å²) < 4.78 is 33.0. The second kappa shape index (κ2) is 11.1. The third kappa shape index (κ3) is 7.26. The minimum Gasteiger partial charge on any atom is -0.480 e. The molecule has 0 fully saturated rings. The van der Waals surface area contributed by atoms with Gasteiger partial charge in [-0.15, -0.1) is 0 Å². The van der Waals surface area contributed by atoms with Gasteiger partial charge in [0.15, 0.2) is 0 Å². The molecule has 3 rings (SSSR count). The SMILES string of the molecule is CC(C)(SSCc1ccccc1)[C@@H](NS(=O)(=O)c1ccc(Oc2ccccc2)cc1)C(=O)O. The van der Waals surface area contributed by atoms with E-state index in [-0.39, 0.29) is 4.90 Å². The molecule has 0 saturated heterocycles. The number of hydrogen-bond acceptors (Lipinski definition) is 6. The Bertz CT molecular complexity index is 1150. The predicted octanol–water partition coefficient (Wildman–Crippen LogP) is 5.57. The van der Waals surface area contributed by atoms with E-state index in [1.807, 2.05) is 48.5 Å². The molecule has 9 heteroatoms. The van der Waals surface area contributed by atoms with Gasteiger partial charge in [0.2, 0.25) is 10.0 Å². The topological polar surface area (TPSA) is 92.7 Å². The molecule has 0 aliphatic heterocycles. The van der Waals surface area contributed by atoms with Gasteiger partial charge in [-0.3, -0.25) is 4.79 Å². The van der Waals surface area contributed by atoms with Crippen molar-refractivity contribution in [3.8, 4) is 11.5 Å². The fourth-order valence-corrected chi connectivity index (χ4v) is 7.04. The molecule has 0 radical (unpaired) electrons. The van der Waals surface area contributed by atoms with E-state index in [1.54, 1.807) is 26.0 Å². The number of rotatable bonds is 11. The van der Waals surface area contributed by atoms with Crippen LogP contribution in [-0.2, 0) is 20.6 Å². The monoisotopic (exact) mass is 503 g/mol. The van der Waals surface area contributed by atoms with Crippen LogP contribution >= 0.6 is 21.6 Å². The summed E-state index contributed by atoms with van der Waals surface area (Å²) in [7, 11) is -1.24. The first-order valence-corrected chi connectivity index (χ1v) is 13.9. The van der Waals surface area contributed by atoms with Crippen molar-refractivity contribution in [3.05, 3.63) is 90.5 Å². The van der Waals surface area contributed by atoms with E-state index in [2.05, 4.69) is 4.72 Å². The molecular formula is C24H25NO5S3. The second-order valence-corrected chi connectivity index (χ2v) is 12.4. The Morgan fingerprint density at radius 1 is 0.939 bits per heavy atom. The number of carbonyl (C=O) groups is 1. The fraction of sp³-hybridized carbons (Fsp3) is 0.208. The van der Waals surface area contributed by atoms with Crippen LogP contribution in [0, 0.1) is 0 Å². The Balaban J connectivity index is 1.67. The Labute approximate surface area is 202 Å². The minimum absolute atomic E-state index is 0.0353. The minimum atomic E-state index is -4.06. The highest BCUT2D eigenvalue weighted by Crippen LogP contribution is 2.40. The molecule has 174 valence electrons. The molecule has 2 N–H and O–H groups in total. The van der Waals surface area contributed by atoms with Crippen molar-refractivity contribution in [2.24, 2.45) is 0 Å². The van der Waals surface area contributed by atoms with Crippen LogP contribution in [0.3, 0.4) is 0 Å². The van der Waals surface area contributed by atoms with Gasteiger partial charge in [-0.25, -0.2) is 8.42 Å². The summed E-state index contributed by atoms with van der Waals surface area (Å²) in [5.74, 6) is 0.546. The Morgan fingerprint density at radius 3 is 2.06 bits per heavy atom. The standard InChI is InChI=1S/C24H25NO5S3/c1-24(2,32-31-17-18-9-5-3-6-10-18)22(23(26)27)25-33(28,29)21-15-13-20(14-16-21)30-19-11-7-4-8-12-19/h3-16,22,25H,17H2,1-2H3,(H,26,27)/t22-/m0/s1. The lowest BCUT2D eigenvalue weighted by Crippen LogP contribution is -2.52. The van der Waals surface area contributed by atoms with Gasteiger partial charge in [0, 0.05) is 10.5 Å². The van der Waals surface area contributed by atoms with Crippen molar-refractivity contribution in [2.75, 3.05) is 0 Å². The summed E-state index contributed by atoms with van der Waals surface area (Å²) in [5.41, 5.74) is 1.11. The molecule has 1 atom stereocenters. The maximum atomic E-state index is 12.9. The van der Waals surface area contributed by atoms with Gasteiger partial charge in [-0.2, -0.15) is 4.72 Å². The Hall–Kier alpha value is -2.46. The molecule has 0 aromatic heterocycles. The number of carboxylic acid groups (broad SMARTS) is 1. The van der Waals surface area contributed by atoms with Gasteiger partial charge in [0.25, 0.3) is 0 Å². The van der Waals surface area contributed by atoms with Crippen LogP contribution in [0.1, 0.15) is 19.4 Å². The maximum absolute atomic E-state index is 12.9. The number of benzene rings is 3. The van der Waals surface area contributed by atoms with Crippen LogP contribution in [0.2, 0.25) is 0 Å². The molecule has 0 heterocycles. The quantitative estimate of drug-likeness (QED) is 0.330. The zero-order valence-corrected chi connectivity index (χ0v) is 20.6. The summed E-state index contributed by atoms with van der Waals surface area (Å²) >= 11 is 0. The number of carboxylic acids is 1. The number of sulfonamides is 1. The molecule has 0 amide bonds. The van der Waals surface area contributed by atoms with Crippen molar-refractivity contribution in [2.45, 2.75) is 35.3 Å². The number of nitrogens with one attached hydrogen (secondary N) is 1. The van der Waals surface area contributed by atoms with Crippen LogP contribution in [0.15, 0.2) is 89.8 Å². The van der Waals surface area contributed by atoms with E-state index in [4.69, 9.17) is 4.74 Å². The second-order valence-electron chi connectivity index (χ2n) is 7.71. The highest BCUT2D eigenvalue weighted by molar-refractivity contribution is 8.76. The Kier molecular flexibility index (Phi) is 8.47. The summed E-state index contributed by atoms with van der Waals surface area (Å²) in [6.45, 7) is 3.43. The third-order valence-electron chi connectivity index (χ3n) is 4.67. The van der Waals surface area contributed by atoms with E-state index in [1.165, 1.54) is 45.9 Å². The van der Waals surface area contributed by atoms with E-state index in [9.17, 15) is 18.3 Å². The molecule has 3 aromatic carbocycles. The molecule has 3 aromatic rings. The van der Waals surface area contributed by atoms with Crippen molar-refractivity contribution in [3.63, 3.8) is 0 Å². The van der Waals surface area contributed by atoms with Crippen molar-refractivity contribution in [1.82, 2.24) is 4.72 Å². The normalized spacial score (nSPS) is 12.8. The summed E-state index contributed by atoms with van der Waals surface area (Å²) in [5, 5.41) is 9.77. The summed E-state index contributed by atoms with van der Waals surface area (Å²) in [6.07, 6.45) is 0. The lowest BCUT2D eigenvalue weighted by molar-refractivity contribution is -0.139. The molecule has 0 unspecified atom stereocenters. The van der Waals surface area contributed by atoms with Gasteiger partial charge in [0.1, 0.15) is 17.5 Å². The van der Waals surface area contributed by atoms with Crippen molar-refractivity contribution >= 4 is 37.6 Å². The molecule has 0 bridgehead atoms. The first kappa shape index (κ1) is 25.2. The van der Waals surface area contributed by atoms with Crippen molar-refractivity contribution in [1.29, 1.82) is 0 Å². The number of hydrogen-bond donors (Lipinski definition) is 2.